The summed E-state index contributed by atoms with van der Waals surface area (Å²) in [6.45, 7) is 4.52. The molecule has 9 nitrogen and oxygen atoms in total. The molecule has 0 aliphatic heterocycles. The number of halogens is 1. The van der Waals surface area contributed by atoms with Gasteiger partial charge in [-0.25, -0.2) is 9.92 Å². The van der Waals surface area contributed by atoms with Crippen LogP contribution in [-0.2, 0) is 9.13 Å². The monoisotopic (exact) mass is 399 g/mol. The third-order valence-electron chi connectivity index (χ3n) is 3.36. The van der Waals surface area contributed by atoms with E-state index in [9.17, 15) is 13.5 Å². The van der Waals surface area contributed by atoms with E-state index in [-0.39, 0.29) is 0 Å². The molecule has 0 rings (SSSR count). The summed E-state index contributed by atoms with van der Waals surface area (Å²) in [5.41, 5.74) is 6.51. The van der Waals surface area contributed by atoms with Crippen LogP contribution < -0.4 is 0 Å². The van der Waals surface area contributed by atoms with Crippen LogP contribution in [0.1, 0.15) is 33.6 Å². The molecule has 0 unspecified atom stereocenters. The minimum absolute atomic E-state index is 0.407. The van der Waals surface area contributed by atoms with Gasteiger partial charge in [0.15, 0.2) is 0 Å². The molecule has 0 radical (unpaired) electrons. The van der Waals surface area contributed by atoms with Crippen LogP contribution in [0.5, 0.6) is 0 Å². The molecule has 0 heterocycles. The topological polar surface area (TPSA) is 164 Å². The maximum atomic E-state index is 14.7. The average Bonchev–Trinajstić information content (AvgIpc) is 2.41. The first-order valence-electron chi connectivity index (χ1n) is 7.16. The highest BCUT2D eigenvalue weighted by Gasteiger charge is 2.63. The predicted molar refractivity (Wildman–Crippen MR) is 92.3 cm³/mol. The van der Waals surface area contributed by atoms with E-state index in [1.807, 2.05) is 0 Å². The van der Waals surface area contributed by atoms with Gasteiger partial charge in [-0.15, -0.1) is 0 Å². The first-order valence-corrected chi connectivity index (χ1v) is 10.4. The lowest BCUT2D eigenvalue weighted by Gasteiger charge is -2.33. The summed E-state index contributed by atoms with van der Waals surface area (Å²) in [7, 11) is -10.1. The maximum absolute atomic E-state index is 14.7. The molecule has 25 heavy (non-hydrogen) atoms. The van der Waals surface area contributed by atoms with Crippen molar-refractivity contribution in [1.29, 1.82) is 5.53 Å². The van der Waals surface area contributed by atoms with Crippen molar-refractivity contribution in [3.63, 3.8) is 0 Å². The molecule has 0 aliphatic rings. The molecule has 0 aromatic rings. The second kappa shape index (κ2) is 8.58. The summed E-state index contributed by atoms with van der Waals surface area (Å²) >= 11 is 0. The quantitative estimate of drug-likeness (QED) is 0.173. The molecule has 0 fully saturated rings. The van der Waals surface area contributed by atoms with Crippen molar-refractivity contribution in [2.24, 2.45) is 15.5 Å². The number of hydrogen-bond acceptors (Lipinski definition) is 5. The molecule has 0 aromatic heterocycles. The summed E-state index contributed by atoms with van der Waals surface area (Å²) < 4.78 is 37.5. The molecule has 0 bridgehead atoms. The number of aliphatic imine (C=N–C) groups is 1. The van der Waals surface area contributed by atoms with Crippen molar-refractivity contribution in [2.75, 3.05) is 7.05 Å². The van der Waals surface area contributed by atoms with Gasteiger partial charge in [0.25, 0.3) is 0 Å². The fourth-order valence-electron chi connectivity index (χ4n) is 2.23. The third-order valence-corrected chi connectivity index (χ3v) is 7.02. The molecule has 0 spiro atoms. The van der Waals surface area contributed by atoms with Gasteiger partial charge in [0.1, 0.15) is 0 Å². The van der Waals surface area contributed by atoms with Crippen molar-refractivity contribution < 1.29 is 33.1 Å². The summed E-state index contributed by atoms with van der Waals surface area (Å²) in [4.78, 5) is 40.5. The van der Waals surface area contributed by atoms with Crippen molar-refractivity contribution in [3.05, 3.63) is 23.4 Å². The predicted octanol–water partition coefficient (Wildman–Crippen LogP) is 3.33. The Morgan fingerprint density at radius 1 is 1.20 bits per heavy atom. The lowest BCUT2D eigenvalue weighted by molar-refractivity contribution is 0.181. The maximum Gasteiger partial charge on any atom is 0.375 e. The molecule has 0 amide bonds. The van der Waals surface area contributed by atoms with E-state index < -0.39 is 32.2 Å². The minimum Gasteiger partial charge on any atom is -0.322 e. The second-order valence-electron chi connectivity index (χ2n) is 6.10. The van der Waals surface area contributed by atoms with E-state index in [1.54, 1.807) is 6.92 Å². The molecule has 0 atom stereocenters. The number of nitrogens with one attached hydrogen (secondary N) is 1. The van der Waals surface area contributed by atoms with Gasteiger partial charge in [-0.3, -0.25) is 14.1 Å². The van der Waals surface area contributed by atoms with E-state index in [0.717, 1.165) is 0 Å². The largest absolute Gasteiger partial charge is 0.375 e. The first kappa shape index (κ1) is 24.0. The molecule has 5 N–H and O–H groups in total. The van der Waals surface area contributed by atoms with Crippen LogP contribution in [-0.4, -0.2) is 38.0 Å². The van der Waals surface area contributed by atoms with Crippen LogP contribution in [0.25, 0.3) is 0 Å². The molecule has 0 saturated heterocycles. The highest BCUT2D eigenvalue weighted by Crippen LogP contribution is 2.73. The zero-order valence-electron chi connectivity index (χ0n) is 14.4. The zero-order chi connectivity index (χ0) is 20.1. The van der Waals surface area contributed by atoms with Crippen LogP contribution in [0.2, 0.25) is 0 Å². The van der Waals surface area contributed by atoms with Crippen molar-refractivity contribution in [3.8, 4) is 0 Å². The first-order chi connectivity index (χ1) is 11.1. The Kier molecular flexibility index (Phi) is 8.23. The van der Waals surface area contributed by atoms with Crippen molar-refractivity contribution >= 4 is 21.4 Å². The van der Waals surface area contributed by atoms with Crippen molar-refractivity contribution in [2.45, 2.75) is 38.8 Å². The SMILES string of the molecule is CC/C(=C\N=N)C(C=NC)=CC(C)(C)CC(F)(P(=O)(O)O)P(=O)(O)O. The number of rotatable bonds is 9. The highest BCUT2D eigenvalue weighted by atomic mass is 31.2. The van der Waals surface area contributed by atoms with Gasteiger partial charge in [-0.05, 0) is 23.0 Å². The zero-order valence-corrected chi connectivity index (χ0v) is 16.2. The van der Waals surface area contributed by atoms with Crippen LogP contribution in [0, 0.1) is 10.9 Å². The van der Waals surface area contributed by atoms with Crippen molar-refractivity contribution in [1.82, 2.24) is 0 Å². The molecule has 144 valence electrons. The Bertz CT molecular complexity index is 655. The number of allylic oxidation sites excluding steroid dienone is 3. The average molecular weight is 399 g/mol. The van der Waals surface area contributed by atoms with Gasteiger partial charge in [0.05, 0.1) is 6.20 Å². The van der Waals surface area contributed by atoms with Crippen LogP contribution in [0.3, 0.4) is 0 Å². The minimum atomic E-state index is -5.76. The van der Waals surface area contributed by atoms with E-state index in [1.165, 1.54) is 39.4 Å². The van der Waals surface area contributed by atoms with Gasteiger partial charge in [-0.2, -0.15) is 5.11 Å². The van der Waals surface area contributed by atoms with Gasteiger partial charge >= 0.3 is 20.3 Å². The van der Waals surface area contributed by atoms with E-state index in [0.29, 0.717) is 17.6 Å². The fraction of sp³-hybridized carbons (Fsp3) is 0.615. The number of hydrogen-bond donors (Lipinski definition) is 5. The summed E-state index contributed by atoms with van der Waals surface area (Å²) in [6, 6.07) is 0. The van der Waals surface area contributed by atoms with Crippen LogP contribution in [0.15, 0.2) is 33.5 Å². The summed E-state index contributed by atoms with van der Waals surface area (Å²) in [6.07, 6.45) is 3.33. The Morgan fingerprint density at radius 2 is 1.68 bits per heavy atom. The van der Waals surface area contributed by atoms with Gasteiger partial charge in [-0.1, -0.05) is 26.8 Å². The summed E-state index contributed by atoms with van der Waals surface area (Å²) in [5.74, 6) is 0. The Morgan fingerprint density at radius 3 is 2.00 bits per heavy atom. The fourth-order valence-corrected chi connectivity index (χ4v) is 4.81. The highest BCUT2D eigenvalue weighted by molar-refractivity contribution is 7.72. The smallest absolute Gasteiger partial charge is 0.322 e. The lowest BCUT2D eigenvalue weighted by Crippen LogP contribution is -2.30. The van der Waals surface area contributed by atoms with Crippen LogP contribution >= 0.6 is 15.2 Å². The lowest BCUT2D eigenvalue weighted by atomic mass is 9.85. The molecule has 12 heteroatoms. The van der Waals surface area contributed by atoms with Crippen LogP contribution in [0.4, 0.5) is 4.39 Å². The Labute approximate surface area is 145 Å². The standard InChI is InChI=1S/C13H24FN3O6P2/c1-5-10(8-17-15)11(7-16-4)6-12(2,3)9-13(14,24(18,19)20)25(21,22)23/h6-8,15H,5,9H2,1-4H3,(H2,18,19,20)(H2,21,22,23)/b10-8+,11-6?,16-7?,17-15?. The Hall–Kier alpha value is -1.02. The van der Waals surface area contributed by atoms with Gasteiger partial charge < -0.3 is 19.6 Å². The molecular formula is C13H24FN3O6P2. The van der Waals surface area contributed by atoms with E-state index in [4.69, 9.17) is 25.1 Å². The van der Waals surface area contributed by atoms with Gasteiger partial charge in [0.2, 0.25) is 0 Å². The number of alkyl halides is 1. The summed E-state index contributed by atoms with van der Waals surface area (Å²) in [5, 5.41) is -0.854. The van der Waals surface area contributed by atoms with E-state index in [2.05, 4.69) is 10.1 Å². The van der Waals surface area contributed by atoms with Gasteiger partial charge in [0, 0.05) is 19.7 Å². The Balaban J connectivity index is 6.19. The molecule has 0 aliphatic carbocycles. The third kappa shape index (κ3) is 6.33. The normalized spacial score (nSPS) is 15.7. The van der Waals surface area contributed by atoms with E-state index >= 15 is 0 Å². The molecular weight excluding hydrogens is 375 g/mol. The number of nitrogens with zero attached hydrogens (tertiary/aromatic N) is 2. The second-order valence-corrected chi connectivity index (χ2v) is 10.0. The molecule has 0 saturated carbocycles. The molecule has 0 aromatic carbocycles.